The summed E-state index contributed by atoms with van der Waals surface area (Å²) in [6.45, 7) is 11.0. The van der Waals surface area contributed by atoms with Crippen molar-refractivity contribution in [1.82, 2.24) is 10.2 Å². The smallest absolute Gasteiger partial charge is 0.0125 e. The number of nitrogens with one attached hydrogen (secondary N) is 1. The van der Waals surface area contributed by atoms with E-state index in [0.717, 1.165) is 5.41 Å². The Morgan fingerprint density at radius 3 is 2.11 bits per heavy atom. The molecule has 1 aliphatic carbocycles. The molecule has 112 valence electrons. The molecule has 0 aromatic carbocycles. The fraction of sp³-hybridized carbons (Fsp3) is 1.00. The normalized spacial score (nSPS) is 25.9. The molecular weight excluding hydrogens is 232 g/mol. The molecule has 19 heavy (non-hydrogen) atoms. The zero-order valence-electron chi connectivity index (χ0n) is 13.6. The van der Waals surface area contributed by atoms with Gasteiger partial charge in [-0.15, -0.1) is 0 Å². The molecule has 1 aliphatic heterocycles. The SMILES string of the molecule is CNC(CCN1CCC2(CCCC2)CC1)C(C)(C)C. The van der Waals surface area contributed by atoms with E-state index in [9.17, 15) is 0 Å². The van der Waals surface area contributed by atoms with Crippen LogP contribution in [0, 0.1) is 10.8 Å². The van der Waals surface area contributed by atoms with Crippen LogP contribution in [0.3, 0.4) is 0 Å². The summed E-state index contributed by atoms with van der Waals surface area (Å²) in [7, 11) is 2.11. The van der Waals surface area contributed by atoms with Crippen LogP contribution in [0.1, 0.15) is 65.7 Å². The Morgan fingerprint density at radius 2 is 1.63 bits per heavy atom. The molecule has 2 heteroatoms. The number of rotatable bonds is 4. The van der Waals surface area contributed by atoms with Crippen molar-refractivity contribution < 1.29 is 0 Å². The molecular formula is C17H34N2. The maximum Gasteiger partial charge on any atom is 0.0125 e. The van der Waals surface area contributed by atoms with E-state index in [2.05, 4.69) is 38.0 Å². The number of piperidine rings is 1. The molecule has 1 saturated carbocycles. The van der Waals surface area contributed by atoms with Crippen molar-refractivity contribution in [2.45, 2.75) is 71.8 Å². The average molecular weight is 266 g/mol. The van der Waals surface area contributed by atoms with Gasteiger partial charge in [0.1, 0.15) is 0 Å². The molecule has 1 spiro atoms. The topological polar surface area (TPSA) is 15.3 Å². The molecule has 0 amide bonds. The van der Waals surface area contributed by atoms with Crippen molar-refractivity contribution in [2.24, 2.45) is 10.8 Å². The van der Waals surface area contributed by atoms with Gasteiger partial charge in [-0.2, -0.15) is 0 Å². The number of hydrogen-bond acceptors (Lipinski definition) is 2. The molecule has 0 bridgehead atoms. The molecule has 1 N–H and O–H groups in total. The fourth-order valence-corrected chi connectivity index (χ4v) is 4.20. The van der Waals surface area contributed by atoms with Gasteiger partial charge in [-0.3, -0.25) is 0 Å². The number of likely N-dealkylation sites (tertiary alicyclic amines) is 1. The van der Waals surface area contributed by atoms with Gasteiger partial charge in [0.15, 0.2) is 0 Å². The summed E-state index contributed by atoms with van der Waals surface area (Å²) in [6, 6.07) is 0.634. The first-order valence-corrected chi connectivity index (χ1v) is 8.35. The summed E-state index contributed by atoms with van der Waals surface area (Å²) < 4.78 is 0. The van der Waals surface area contributed by atoms with Crippen molar-refractivity contribution in [3.63, 3.8) is 0 Å². The molecule has 1 atom stereocenters. The zero-order valence-corrected chi connectivity index (χ0v) is 13.6. The lowest BCUT2D eigenvalue weighted by molar-refractivity contribution is 0.100. The van der Waals surface area contributed by atoms with Crippen LogP contribution in [0.2, 0.25) is 0 Å². The molecule has 0 radical (unpaired) electrons. The second kappa shape index (κ2) is 6.13. The van der Waals surface area contributed by atoms with E-state index in [0.29, 0.717) is 11.5 Å². The predicted molar refractivity (Wildman–Crippen MR) is 83.5 cm³/mol. The van der Waals surface area contributed by atoms with Crippen LogP contribution >= 0.6 is 0 Å². The summed E-state index contributed by atoms with van der Waals surface area (Å²) in [6.07, 6.45) is 10.2. The van der Waals surface area contributed by atoms with Crippen LogP contribution in [0.4, 0.5) is 0 Å². The van der Waals surface area contributed by atoms with Crippen LogP contribution in [0.25, 0.3) is 0 Å². The molecule has 1 heterocycles. The molecule has 2 nitrogen and oxygen atoms in total. The fourth-order valence-electron chi connectivity index (χ4n) is 4.20. The lowest BCUT2D eigenvalue weighted by Crippen LogP contribution is -2.44. The minimum atomic E-state index is 0.372. The molecule has 1 saturated heterocycles. The quantitative estimate of drug-likeness (QED) is 0.835. The third-order valence-electron chi connectivity index (χ3n) is 5.71. The standard InChI is InChI=1S/C17H34N2/c1-16(2,3)15(18-4)7-12-19-13-10-17(11-14-19)8-5-6-9-17/h15,18H,5-14H2,1-4H3. The predicted octanol–water partition coefficient (Wildman–Crippen LogP) is 3.67. The van der Waals surface area contributed by atoms with E-state index < -0.39 is 0 Å². The molecule has 2 rings (SSSR count). The van der Waals surface area contributed by atoms with Crippen LogP contribution in [0.15, 0.2) is 0 Å². The third kappa shape index (κ3) is 3.95. The van der Waals surface area contributed by atoms with E-state index in [-0.39, 0.29) is 0 Å². The monoisotopic (exact) mass is 266 g/mol. The Balaban J connectivity index is 1.73. The minimum absolute atomic E-state index is 0.372. The number of nitrogens with zero attached hydrogens (tertiary/aromatic N) is 1. The Kier molecular flexibility index (Phi) is 4.94. The van der Waals surface area contributed by atoms with E-state index in [1.165, 1.54) is 64.6 Å². The van der Waals surface area contributed by atoms with Gasteiger partial charge in [0.2, 0.25) is 0 Å². The second-order valence-electron chi connectivity index (χ2n) is 8.04. The Morgan fingerprint density at radius 1 is 1.05 bits per heavy atom. The highest BCUT2D eigenvalue weighted by Crippen LogP contribution is 2.46. The molecule has 0 aromatic rings. The van der Waals surface area contributed by atoms with Gasteiger partial charge in [-0.25, -0.2) is 0 Å². The second-order valence-corrected chi connectivity index (χ2v) is 8.04. The lowest BCUT2D eigenvalue weighted by atomic mass is 9.77. The molecule has 1 unspecified atom stereocenters. The van der Waals surface area contributed by atoms with Crippen molar-refractivity contribution in [3.8, 4) is 0 Å². The van der Waals surface area contributed by atoms with E-state index in [1.54, 1.807) is 0 Å². The molecule has 2 aliphatic rings. The third-order valence-corrected chi connectivity index (χ3v) is 5.71. The summed E-state index contributed by atoms with van der Waals surface area (Å²) in [5.41, 5.74) is 1.14. The van der Waals surface area contributed by atoms with Gasteiger partial charge in [-0.1, -0.05) is 33.6 Å². The highest BCUT2D eigenvalue weighted by Gasteiger charge is 2.36. The Hall–Kier alpha value is -0.0800. The van der Waals surface area contributed by atoms with Gasteiger partial charge in [0.25, 0.3) is 0 Å². The zero-order chi connectivity index (χ0) is 13.9. The van der Waals surface area contributed by atoms with Crippen LogP contribution in [-0.2, 0) is 0 Å². The summed E-state index contributed by atoms with van der Waals surface area (Å²) >= 11 is 0. The van der Waals surface area contributed by atoms with Gasteiger partial charge in [0.05, 0.1) is 0 Å². The molecule has 2 fully saturated rings. The maximum atomic E-state index is 3.50. The van der Waals surface area contributed by atoms with Crippen molar-refractivity contribution in [3.05, 3.63) is 0 Å². The summed E-state index contributed by atoms with van der Waals surface area (Å²) in [5.74, 6) is 0. The van der Waals surface area contributed by atoms with Crippen molar-refractivity contribution in [1.29, 1.82) is 0 Å². The van der Waals surface area contributed by atoms with Crippen LogP contribution in [0.5, 0.6) is 0 Å². The van der Waals surface area contributed by atoms with Gasteiger partial charge in [-0.05, 0) is 69.6 Å². The largest absolute Gasteiger partial charge is 0.316 e. The van der Waals surface area contributed by atoms with E-state index >= 15 is 0 Å². The summed E-state index contributed by atoms with van der Waals surface area (Å²) in [5, 5.41) is 3.50. The van der Waals surface area contributed by atoms with Gasteiger partial charge in [0, 0.05) is 6.04 Å². The van der Waals surface area contributed by atoms with Crippen LogP contribution in [-0.4, -0.2) is 37.6 Å². The first-order valence-electron chi connectivity index (χ1n) is 8.35. The Bertz CT molecular complexity index is 263. The number of hydrogen-bond donors (Lipinski definition) is 1. The minimum Gasteiger partial charge on any atom is -0.316 e. The lowest BCUT2D eigenvalue weighted by Gasteiger charge is -2.40. The van der Waals surface area contributed by atoms with E-state index in [1.807, 2.05) is 0 Å². The van der Waals surface area contributed by atoms with E-state index in [4.69, 9.17) is 0 Å². The Labute approximate surface area is 120 Å². The first-order chi connectivity index (χ1) is 8.95. The van der Waals surface area contributed by atoms with Gasteiger partial charge >= 0.3 is 0 Å². The van der Waals surface area contributed by atoms with Crippen molar-refractivity contribution >= 4 is 0 Å². The molecule has 0 aromatic heterocycles. The van der Waals surface area contributed by atoms with Gasteiger partial charge < -0.3 is 10.2 Å². The van der Waals surface area contributed by atoms with Crippen molar-refractivity contribution in [2.75, 3.05) is 26.7 Å². The highest BCUT2D eigenvalue weighted by atomic mass is 15.1. The average Bonchev–Trinajstić information content (AvgIpc) is 2.79. The highest BCUT2D eigenvalue weighted by molar-refractivity contribution is 4.90. The maximum absolute atomic E-state index is 3.50. The first kappa shape index (κ1) is 15.3. The van der Waals surface area contributed by atoms with Crippen LogP contribution < -0.4 is 5.32 Å². The summed E-state index contributed by atoms with van der Waals surface area (Å²) in [4.78, 5) is 2.71.